The highest BCUT2D eigenvalue weighted by molar-refractivity contribution is 5.27. The highest BCUT2D eigenvalue weighted by atomic mass is 19.4. The maximum atomic E-state index is 12.0. The van der Waals surface area contributed by atoms with Gasteiger partial charge in [-0.1, -0.05) is 25.2 Å². The van der Waals surface area contributed by atoms with E-state index in [9.17, 15) is 13.2 Å². The van der Waals surface area contributed by atoms with Gasteiger partial charge in [0, 0.05) is 0 Å². The van der Waals surface area contributed by atoms with Crippen LogP contribution in [-0.2, 0) is 0 Å². The minimum Gasteiger partial charge on any atom is -0.166 e. The molecule has 0 aliphatic heterocycles. The summed E-state index contributed by atoms with van der Waals surface area (Å²) in [6.07, 6.45) is -2.98. The van der Waals surface area contributed by atoms with Crippen molar-refractivity contribution in [1.29, 1.82) is 0 Å². The van der Waals surface area contributed by atoms with Gasteiger partial charge in [-0.05, 0) is 13.3 Å². The van der Waals surface area contributed by atoms with E-state index in [0.717, 1.165) is 6.08 Å². The van der Waals surface area contributed by atoms with E-state index in [4.69, 9.17) is 0 Å². The smallest absolute Gasteiger partial charge is 0.166 e. The van der Waals surface area contributed by atoms with Gasteiger partial charge >= 0.3 is 6.18 Å². The Hall–Kier alpha value is -0.990. The van der Waals surface area contributed by atoms with Crippen LogP contribution in [-0.4, -0.2) is 6.18 Å². The number of allylic oxidation sites excluding steroid dienone is 3. The largest absolute Gasteiger partial charge is 0.416 e. The van der Waals surface area contributed by atoms with Crippen LogP contribution in [0.15, 0.2) is 37.0 Å². The van der Waals surface area contributed by atoms with Gasteiger partial charge in [0.2, 0.25) is 0 Å². The molecule has 13 heavy (non-hydrogen) atoms. The van der Waals surface area contributed by atoms with E-state index in [1.54, 1.807) is 6.92 Å². The van der Waals surface area contributed by atoms with Crippen molar-refractivity contribution in [2.24, 2.45) is 0 Å². The summed E-state index contributed by atoms with van der Waals surface area (Å²) < 4.78 is 36.1. The fraction of sp³-hybridized carbons (Fsp3) is 0.400. The van der Waals surface area contributed by atoms with Crippen LogP contribution in [0.2, 0.25) is 0 Å². The molecule has 0 aliphatic carbocycles. The predicted molar refractivity (Wildman–Crippen MR) is 50.5 cm³/mol. The lowest BCUT2D eigenvalue weighted by Gasteiger charge is -2.10. The second-order valence-electron chi connectivity index (χ2n) is 2.25. The minimum atomic E-state index is -4.25. The number of rotatable bonds is 2. The molecule has 76 valence electrons. The number of hydrogen-bond donors (Lipinski definition) is 0. The molecule has 0 heterocycles. The third kappa shape index (κ3) is 5.28. The summed E-state index contributed by atoms with van der Waals surface area (Å²) in [5, 5.41) is 0. The molecule has 0 amide bonds. The standard InChI is InChI=1S/C8H11F3.C2H4/c1-4-6(3)7(5-2)8(9,10)11;1-2/h5H,2,4H2,1,3H3;1-2H2/b7-6-;. The molecule has 0 atom stereocenters. The van der Waals surface area contributed by atoms with Gasteiger partial charge in [0.1, 0.15) is 0 Å². The molecule has 0 nitrogen and oxygen atoms in total. The molecule has 0 saturated carbocycles. The third-order valence-corrected chi connectivity index (χ3v) is 1.50. The zero-order valence-corrected chi connectivity index (χ0v) is 8.04. The van der Waals surface area contributed by atoms with Crippen molar-refractivity contribution >= 4 is 0 Å². The first-order chi connectivity index (χ1) is 5.93. The highest BCUT2D eigenvalue weighted by Crippen LogP contribution is 2.29. The summed E-state index contributed by atoms with van der Waals surface area (Å²) >= 11 is 0. The molecule has 3 heteroatoms. The Morgan fingerprint density at radius 2 is 1.69 bits per heavy atom. The summed E-state index contributed by atoms with van der Waals surface area (Å²) in [6, 6.07) is 0. The van der Waals surface area contributed by atoms with Crippen LogP contribution >= 0.6 is 0 Å². The van der Waals surface area contributed by atoms with Crippen LogP contribution in [0.3, 0.4) is 0 Å². The van der Waals surface area contributed by atoms with Crippen molar-refractivity contribution in [3.05, 3.63) is 37.0 Å². The average Bonchev–Trinajstić information content (AvgIpc) is 2.06. The van der Waals surface area contributed by atoms with E-state index < -0.39 is 11.7 Å². The Bertz CT molecular complexity index is 187. The molecule has 0 aliphatic rings. The Morgan fingerprint density at radius 3 is 1.77 bits per heavy atom. The molecule has 0 saturated heterocycles. The fourth-order valence-corrected chi connectivity index (χ4v) is 0.722. The molecule has 0 aromatic rings. The zero-order valence-electron chi connectivity index (χ0n) is 8.04. The summed E-state index contributed by atoms with van der Waals surface area (Å²) in [6.45, 7) is 12.3. The van der Waals surface area contributed by atoms with Crippen molar-refractivity contribution < 1.29 is 13.2 Å². The second-order valence-corrected chi connectivity index (χ2v) is 2.25. The van der Waals surface area contributed by atoms with Crippen molar-refractivity contribution in [3.63, 3.8) is 0 Å². The zero-order chi connectivity index (χ0) is 11.1. The molecular weight excluding hydrogens is 177 g/mol. The topological polar surface area (TPSA) is 0 Å². The van der Waals surface area contributed by atoms with Gasteiger partial charge in [-0.25, -0.2) is 0 Å². The molecule has 0 bridgehead atoms. The van der Waals surface area contributed by atoms with Gasteiger partial charge in [-0.15, -0.1) is 13.2 Å². The summed E-state index contributed by atoms with van der Waals surface area (Å²) in [5.41, 5.74) is -0.285. The third-order valence-electron chi connectivity index (χ3n) is 1.50. The number of hydrogen-bond acceptors (Lipinski definition) is 0. The summed E-state index contributed by atoms with van der Waals surface area (Å²) in [4.78, 5) is 0. The van der Waals surface area contributed by atoms with Crippen molar-refractivity contribution in [2.75, 3.05) is 0 Å². The van der Waals surface area contributed by atoms with Crippen LogP contribution < -0.4 is 0 Å². The first-order valence-corrected chi connectivity index (χ1v) is 3.82. The van der Waals surface area contributed by atoms with Crippen LogP contribution in [0, 0.1) is 0 Å². The van der Waals surface area contributed by atoms with Gasteiger partial charge in [-0.3, -0.25) is 0 Å². The molecule has 0 rings (SSSR count). The molecule has 0 N–H and O–H groups in total. The van der Waals surface area contributed by atoms with Gasteiger partial charge in [0.25, 0.3) is 0 Å². The lowest BCUT2D eigenvalue weighted by atomic mass is 10.1. The van der Waals surface area contributed by atoms with Crippen molar-refractivity contribution in [1.82, 2.24) is 0 Å². The predicted octanol–water partition coefficient (Wildman–Crippen LogP) is 4.26. The van der Waals surface area contributed by atoms with E-state index in [1.165, 1.54) is 6.92 Å². The Morgan fingerprint density at radius 1 is 1.31 bits per heavy atom. The lowest BCUT2D eigenvalue weighted by molar-refractivity contribution is -0.0890. The Labute approximate surface area is 77.5 Å². The summed E-state index contributed by atoms with van der Waals surface area (Å²) in [5.74, 6) is 0. The van der Waals surface area contributed by atoms with Crippen molar-refractivity contribution in [2.45, 2.75) is 26.4 Å². The van der Waals surface area contributed by atoms with Gasteiger partial charge in [0.15, 0.2) is 0 Å². The van der Waals surface area contributed by atoms with Crippen LogP contribution in [0.1, 0.15) is 20.3 Å². The van der Waals surface area contributed by atoms with Crippen LogP contribution in [0.5, 0.6) is 0 Å². The molecule has 0 fully saturated rings. The SMILES string of the molecule is C=C.C=C/C(=C(\C)CC)C(F)(F)F. The van der Waals surface area contributed by atoms with E-state index in [-0.39, 0.29) is 0 Å². The quantitative estimate of drug-likeness (QED) is 0.453. The van der Waals surface area contributed by atoms with Crippen LogP contribution in [0.25, 0.3) is 0 Å². The Balaban J connectivity index is 0. The second kappa shape index (κ2) is 6.52. The number of halogens is 3. The van der Waals surface area contributed by atoms with Gasteiger partial charge < -0.3 is 0 Å². The number of alkyl halides is 3. The maximum Gasteiger partial charge on any atom is 0.416 e. The molecule has 0 spiro atoms. The molecular formula is C10H15F3. The highest BCUT2D eigenvalue weighted by Gasteiger charge is 2.32. The minimum absolute atomic E-state index is 0.326. The lowest BCUT2D eigenvalue weighted by Crippen LogP contribution is -2.11. The van der Waals surface area contributed by atoms with Crippen LogP contribution in [0.4, 0.5) is 13.2 Å². The van der Waals surface area contributed by atoms with E-state index >= 15 is 0 Å². The monoisotopic (exact) mass is 192 g/mol. The first kappa shape index (κ1) is 14.5. The molecule has 0 unspecified atom stereocenters. The average molecular weight is 192 g/mol. The van der Waals surface area contributed by atoms with Crippen molar-refractivity contribution in [3.8, 4) is 0 Å². The van der Waals surface area contributed by atoms with Gasteiger partial charge in [-0.2, -0.15) is 13.2 Å². The fourth-order valence-electron chi connectivity index (χ4n) is 0.722. The Kier molecular flexibility index (Phi) is 7.28. The summed E-state index contributed by atoms with van der Waals surface area (Å²) in [7, 11) is 0. The van der Waals surface area contributed by atoms with E-state index in [0.29, 0.717) is 12.0 Å². The maximum absolute atomic E-state index is 12.0. The normalized spacial score (nSPS) is 12.4. The molecule has 0 aromatic carbocycles. The molecule has 0 aromatic heterocycles. The first-order valence-electron chi connectivity index (χ1n) is 3.82. The molecule has 0 radical (unpaired) electrons. The van der Waals surface area contributed by atoms with Gasteiger partial charge in [0.05, 0.1) is 5.57 Å². The van der Waals surface area contributed by atoms with E-state index in [2.05, 4.69) is 19.7 Å². The van der Waals surface area contributed by atoms with E-state index in [1.807, 2.05) is 0 Å².